The molecule has 0 bridgehead atoms. The number of thiocarbonyl (C=S) groups is 1. The predicted molar refractivity (Wildman–Crippen MR) is 105 cm³/mol. The average molecular weight is 388 g/mol. The number of carbonyl (C=O) groups is 1. The molecule has 1 aromatic carbocycles. The minimum Gasteiger partial charge on any atom is -0.487 e. The second kappa shape index (κ2) is 7.21. The first-order valence-corrected chi connectivity index (χ1v) is 9.40. The molecule has 0 N–H and O–H groups in total. The van der Waals surface area contributed by atoms with Gasteiger partial charge in [-0.2, -0.15) is 0 Å². The van der Waals surface area contributed by atoms with Crippen LogP contribution < -0.4 is 9.64 Å². The number of benzene rings is 1. The Morgan fingerprint density at radius 3 is 2.69 bits per heavy atom. The Balaban J connectivity index is 1.45. The first-order valence-electron chi connectivity index (χ1n) is 8.61. The van der Waals surface area contributed by atoms with Crippen LogP contribution in [0.1, 0.15) is 24.8 Å². The molecule has 2 aliphatic heterocycles. The summed E-state index contributed by atoms with van der Waals surface area (Å²) in [6.07, 6.45) is 4.69. The van der Waals surface area contributed by atoms with Gasteiger partial charge in [-0.15, -0.1) is 0 Å². The van der Waals surface area contributed by atoms with Gasteiger partial charge in [0.05, 0.1) is 12.2 Å². The summed E-state index contributed by atoms with van der Waals surface area (Å²) in [6, 6.07) is 11.1. The summed E-state index contributed by atoms with van der Waals surface area (Å²) in [6.45, 7) is 1.19. The number of halogens is 1. The SMILES string of the molecule is O=C1N(c2ccc(OCc3ccc(Cl)cc3)cn2)C(=S)C2CCCCN12. The molecule has 2 fully saturated rings. The van der Waals surface area contributed by atoms with Crippen molar-refractivity contribution in [3.63, 3.8) is 0 Å². The number of aromatic nitrogens is 1. The smallest absolute Gasteiger partial charge is 0.331 e. The zero-order chi connectivity index (χ0) is 18.1. The lowest BCUT2D eigenvalue weighted by molar-refractivity contribution is 0.193. The standard InChI is InChI=1S/C19H18ClN3O2S/c20-14-6-4-13(5-7-14)12-25-15-8-9-17(21-11-15)23-18(26)16-3-1-2-10-22(16)19(23)24/h4-9,11,16H,1-3,10,12H2. The molecular weight excluding hydrogens is 370 g/mol. The van der Waals surface area contributed by atoms with Crippen LogP contribution in [-0.4, -0.2) is 33.5 Å². The summed E-state index contributed by atoms with van der Waals surface area (Å²) in [7, 11) is 0. The molecule has 134 valence electrons. The molecule has 1 unspecified atom stereocenters. The summed E-state index contributed by atoms with van der Waals surface area (Å²) in [5.41, 5.74) is 1.02. The van der Waals surface area contributed by atoms with E-state index in [1.54, 1.807) is 17.2 Å². The summed E-state index contributed by atoms with van der Waals surface area (Å²) < 4.78 is 5.75. The van der Waals surface area contributed by atoms with Crippen LogP contribution in [0.5, 0.6) is 5.75 Å². The number of anilines is 1. The molecule has 0 radical (unpaired) electrons. The molecule has 1 atom stereocenters. The predicted octanol–water partition coefficient (Wildman–Crippen LogP) is 4.44. The Morgan fingerprint density at radius 2 is 2.00 bits per heavy atom. The fourth-order valence-corrected chi connectivity index (χ4v) is 3.88. The van der Waals surface area contributed by atoms with Gasteiger partial charge in [-0.05, 0) is 49.1 Å². The third kappa shape index (κ3) is 3.27. The van der Waals surface area contributed by atoms with E-state index in [-0.39, 0.29) is 12.1 Å². The maximum Gasteiger partial charge on any atom is 0.331 e. The van der Waals surface area contributed by atoms with E-state index in [0.29, 0.717) is 28.2 Å². The van der Waals surface area contributed by atoms with Crippen molar-refractivity contribution in [3.8, 4) is 5.75 Å². The molecule has 4 rings (SSSR count). The van der Waals surface area contributed by atoms with Gasteiger partial charge in [-0.1, -0.05) is 36.0 Å². The molecule has 26 heavy (non-hydrogen) atoms. The van der Waals surface area contributed by atoms with Gasteiger partial charge in [0, 0.05) is 11.6 Å². The van der Waals surface area contributed by atoms with Crippen molar-refractivity contribution in [2.75, 3.05) is 11.4 Å². The molecule has 3 heterocycles. The van der Waals surface area contributed by atoms with E-state index in [4.69, 9.17) is 28.6 Å². The van der Waals surface area contributed by atoms with Crippen LogP contribution in [0, 0.1) is 0 Å². The van der Waals surface area contributed by atoms with Gasteiger partial charge in [0.2, 0.25) is 0 Å². The number of ether oxygens (including phenoxy) is 1. The molecule has 2 aliphatic rings. The highest BCUT2D eigenvalue weighted by atomic mass is 35.5. The molecule has 2 aromatic rings. The number of piperidine rings is 1. The van der Waals surface area contributed by atoms with Gasteiger partial charge < -0.3 is 9.64 Å². The molecule has 0 saturated carbocycles. The minimum atomic E-state index is -0.0676. The molecule has 7 heteroatoms. The van der Waals surface area contributed by atoms with E-state index in [1.165, 1.54) is 0 Å². The summed E-state index contributed by atoms with van der Waals surface area (Å²) >= 11 is 11.4. The normalized spacial score (nSPS) is 19.7. The van der Waals surface area contributed by atoms with Crippen LogP contribution in [0.2, 0.25) is 5.02 Å². The van der Waals surface area contributed by atoms with Gasteiger partial charge in [-0.3, -0.25) is 0 Å². The van der Waals surface area contributed by atoms with Crippen LogP contribution in [0.25, 0.3) is 0 Å². The van der Waals surface area contributed by atoms with Crippen molar-refractivity contribution in [1.82, 2.24) is 9.88 Å². The molecule has 2 amide bonds. The van der Waals surface area contributed by atoms with Crippen molar-refractivity contribution in [3.05, 3.63) is 53.2 Å². The maximum absolute atomic E-state index is 12.7. The first-order chi connectivity index (χ1) is 12.6. The van der Waals surface area contributed by atoms with Crippen molar-refractivity contribution < 1.29 is 9.53 Å². The van der Waals surface area contributed by atoms with Crippen LogP contribution in [0.4, 0.5) is 10.6 Å². The maximum atomic E-state index is 12.7. The Morgan fingerprint density at radius 1 is 1.19 bits per heavy atom. The van der Waals surface area contributed by atoms with Gasteiger partial charge in [0.15, 0.2) is 0 Å². The Bertz CT molecular complexity index is 802. The van der Waals surface area contributed by atoms with E-state index in [0.717, 1.165) is 31.4 Å². The largest absolute Gasteiger partial charge is 0.487 e. The van der Waals surface area contributed by atoms with E-state index in [9.17, 15) is 4.79 Å². The molecule has 0 aliphatic carbocycles. The molecule has 5 nitrogen and oxygen atoms in total. The lowest BCUT2D eigenvalue weighted by atomic mass is 10.0. The number of fused-ring (bicyclic) bond motifs is 1. The number of carbonyl (C=O) groups excluding carboxylic acids is 1. The number of rotatable bonds is 4. The summed E-state index contributed by atoms with van der Waals surface area (Å²) in [5.74, 6) is 1.19. The van der Waals surface area contributed by atoms with Gasteiger partial charge in [0.25, 0.3) is 0 Å². The Labute approximate surface area is 162 Å². The lowest BCUT2D eigenvalue weighted by Gasteiger charge is -2.26. The highest BCUT2D eigenvalue weighted by Crippen LogP contribution is 2.31. The highest BCUT2D eigenvalue weighted by molar-refractivity contribution is 7.80. The fraction of sp³-hybridized carbons (Fsp3) is 0.316. The summed E-state index contributed by atoms with van der Waals surface area (Å²) in [4.78, 5) is 21.1. The average Bonchev–Trinajstić information content (AvgIpc) is 2.93. The number of hydrogen-bond donors (Lipinski definition) is 0. The number of hydrogen-bond acceptors (Lipinski definition) is 4. The third-order valence-corrected chi connectivity index (χ3v) is 5.42. The number of nitrogens with zero attached hydrogens (tertiary/aromatic N) is 3. The van der Waals surface area contributed by atoms with E-state index < -0.39 is 0 Å². The zero-order valence-electron chi connectivity index (χ0n) is 14.1. The van der Waals surface area contributed by atoms with E-state index >= 15 is 0 Å². The van der Waals surface area contributed by atoms with Crippen LogP contribution in [-0.2, 0) is 6.61 Å². The topological polar surface area (TPSA) is 45.7 Å². The first kappa shape index (κ1) is 17.2. The minimum absolute atomic E-state index is 0.0360. The third-order valence-electron chi connectivity index (χ3n) is 4.71. The quantitative estimate of drug-likeness (QED) is 0.728. The lowest BCUT2D eigenvalue weighted by Crippen LogP contribution is -2.38. The van der Waals surface area contributed by atoms with Crippen molar-refractivity contribution in [2.45, 2.75) is 31.9 Å². The van der Waals surface area contributed by atoms with Crippen molar-refractivity contribution >= 4 is 40.7 Å². The number of amides is 2. The van der Waals surface area contributed by atoms with Gasteiger partial charge in [-0.25, -0.2) is 14.7 Å². The van der Waals surface area contributed by atoms with Crippen molar-refractivity contribution in [1.29, 1.82) is 0 Å². The molecule has 1 aromatic heterocycles. The number of urea groups is 1. The second-order valence-corrected chi connectivity index (χ2v) is 7.28. The number of pyridine rings is 1. The molecule has 2 saturated heterocycles. The van der Waals surface area contributed by atoms with Gasteiger partial charge >= 0.3 is 6.03 Å². The Kier molecular flexibility index (Phi) is 4.78. The van der Waals surface area contributed by atoms with E-state index in [1.807, 2.05) is 35.2 Å². The second-order valence-electron chi connectivity index (χ2n) is 6.43. The Hall–Kier alpha value is -2.18. The molecule has 0 spiro atoms. The van der Waals surface area contributed by atoms with Crippen LogP contribution in [0.3, 0.4) is 0 Å². The zero-order valence-corrected chi connectivity index (χ0v) is 15.7. The van der Waals surface area contributed by atoms with Gasteiger partial charge in [0.1, 0.15) is 23.2 Å². The highest BCUT2D eigenvalue weighted by Gasteiger charge is 2.44. The fourth-order valence-electron chi connectivity index (χ4n) is 3.34. The van der Waals surface area contributed by atoms with Crippen LogP contribution in [0.15, 0.2) is 42.6 Å². The monoisotopic (exact) mass is 387 g/mol. The summed E-state index contributed by atoms with van der Waals surface area (Å²) in [5, 5.41) is 0.697. The van der Waals surface area contributed by atoms with Crippen LogP contribution >= 0.6 is 23.8 Å². The van der Waals surface area contributed by atoms with Crippen molar-refractivity contribution in [2.24, 2.45) is 0 Å². The molecular formula is C19H18ClN3O2S. The van der Waals surface area contributed by atoms with E-state index in [2.05, 4.69) is 4.98 Å².